The number of halogens is 6. The molecule has 5 rings (SSSR count). The van der Waals surface area contributed by atoms with Crippen LogP contribution in [0.15, 0.2) is 79.1 Å². The van der Waals surface area contributed by atoms with E-state index in [0.29, 0.717) is 29.8 Å². The molecule has 1 fully saturated rings. The van der Waals surface area contributed by atoms with Crippen LogP contribution in [0.1, 0.15) is 35.4 Å². The lowest BCUT2D eigenvalue weighted by Gasteiger charge is -2.09. The number of aromatic nitrogens is 3. The number of hydrogen-bond donors (Lipinski definition) is 0. The molecule has 2 atom stereocenters. The first kappa shape index (κ1) is 26.9. The first-order valence-corrected chi connectivity index (χ1v) is 12.4. The Morgan fingerprint density at radius 3 is 2.18 bits per heavy atom. The summed E-state index contributed by atoms with van der Waals surface area (Å²) in [5, 5.41) is 4.42. The highest BCUT2D eigenvalue weighted by Gasteiger charge is 2.38. The summed E-state index contributed by atoms with van der Waals surface area (Å²) in [5.41, 5.74) is 2.60. The van der Waals surface area contributed by atoms with Crippen LogP contribution in [0.25, 0.3) is 17.1 Å². The van der Waals surface area contributed by atoms with E-state index in [2.05, 4.69) is 14.8 Å². The summed E-state index contributed by atoms with van der Waals surface area (Å²) in [5.74, 6) is 0.926. The second kappa shape index (κ2) is 10.4. The van der Waals surface area contributed by atoms with Crippen molar-refractivity contribution in [3.05, 3.63) is 95.8 Å². The SMILES string of the molecule is FC(F)(F)Oc1ccc(-n2cnc(-c3ccc(C4CC4CC(=S)Cc4ccc(C(F)(F)F)cc4)cc3)n2)cc1. The van der Waals surface area contributed by atoms with Gasteiger partial charge in [0.1, 0.15) is 12.1 Å². The third-order valence-electron chi connectivity index (χ3n) is 6.52. The third-order valence-corrected chi connectivity index (χ3v) is 6.83. The zero-order chi connectivity index (χ0) is 27.8. The van der Waals surface area contributed by atoms with E-state index in [-0.39, 0.29) is 5.75 Å². The molecule has 1 aliphatic carbocycles. The van der Waals surface area contributed by atoms with E-state index < -0.39 is 18.1 Å². The maximum atomic E-state index is 12.7. The molecule has 1 saturated carbocycles. The molecule has 0 spiro atoms. The molecular weight excluding hydrogens is 540 g/mol. The lowest BCUT2D eigenvalue weighted by Crippen LogP contribution is -2.17. The van der Waals surface area contributed by atoms with Crippen molar-refractivity contribution in [3.63, 3.8) is 0 Å². The van der Waals surface area contributed by atoms with Crippen molar-refractivity contribution in [2.75, 3.05) is 0 Å². The summed E-state index contributed by atoms with van der Waals surface area (Å²) in [6, 6.07) is 18.3. The van der Waals surface area contributed by atoms with Crippen molar-refractivity contribution >= 4 is 17.1 Å². The first-order valence-electron chi connectivity index (χ1n) is 12.0. The van der Waals surface area contributed by atoms with Crippen molar-refractivity contribution in [1.29, 1.82) is 0 Å². The molecule has 1 aliphatic rings. The van der Waals surface area contributed by atoms with Gasteiger partial charge in [-0.15, -0.1) is 18.3 Å². The lowest BCUT2D eigenvalue weighted by atomic mass is 10.0. The van der Waals surface area contributed by atoms with Gasteiger partial charge in [0.2, 0.25) is 0 Å². The molecule has 0 bridgehead atoms. The van der Waals surface area contributed by atoms with Crippen LogP contribution in [-0.2, 0) is 12.6 Å². The Morgan fingerprint density at radius 2 is 1.56 bits per heavy atom. The molecule has 0 amide bonds. The molecule has 11 heteroatoms. The van der Waals surface area contributed by atoms with Crippen LogP contribution in [0.2, 0.25) is 0 Å². The fraction of sp³-hybridized carbons (Fsp3) is 0.250. The molecule has 4 aromatic rings. The van der Waals surface area contributed by atoms with Gasteiger partial charge in [0.15, 0.2) is 5.82 Å². The molecule has 3 aromatic carbocycles. The number of rotatable bonds is 8. The predicted molar refractivity (Wildman–Crippen MR) is 137 cm³/mol. The van der Waals surface area contributed by atoms with Gasteiger partial charge in [-0.3, -0.25) is 0 Å². The summed E-state index contributed by atoms with van der Waals surface area (Å²) >= 11 is 5.52. The normalized spacial score (nSPS) is 17.2. The standard InChI is InChI=1S/C28H21F6N3OS/c29-27(30,31)21-7-1-17(2-8-21)13-24(39)14-20-15-25(20)18-3-5-19(6-4-18)26-35-16-37(36-26)22-9-11-23(12-10-22)38-28(32,33)34/h1-12,16,20,25H,13-15H2. The Labute approximate surface area is 225 Å². The highest BCUT2D eigenvalue weighted by atomic mass is 32.1. The zero-order valence-electron chi connectivity index (χ0n) is 20.2. The highest BCUT2D eigenvalue weighted by Crippen LogP contribution is 2.50. The van der Waals surface area contributed by atoms with Crippen molar-refractivity contribution in [2.24, 2.45) is 5.92 Å². The van der Waals surface area contributed by atoms with Crippen molar-refractivity contribution in [3.8, 4) is 22.8 Å². The van der Waals surface area contributed by atoms with E-state index in [0.717, 1.165) is 41.0 Å². The fourth-order valence-corrected chi connectivity index (χ4v) is 4.87. The molecule has 39 heavy (non-hydrogen) atoms. The van der Waals surface area contributed by atoms with Crippen molar-refractivity contribution < 1.29 is 31.1 Å². The van der Waals surface area contributed by atoms with E-state index in [9.17, 15) is 26.3 Å². The third kappa shape index (κ3) is 6.83. The minimum Gasteiger partial charge on any atom is -0.406 e. The van der Waals surface area contributed by atoms with Gasteiger partial charge in [0.05, 0.1) is 11.3 Å². The molecule has 1 aromatic heterocycles. The predicted octanol–water partition coefficient (Wildman–Crippen LogP) is 7.96. The Kier molecular flexibility index (Phi) is 7.19. The van der Waals surface area contributed by atoms with Crippen LogP contribution in [0.5, 0.6) is 5.75 Å². The quantitative estimate of drug-likeness (QED) is 0.162. The van der Waals surface area contributed by atoms with E-state index in [4.69, 9.17) is 12.2 Å². The second-order valence-electron chi connectivity index (χ2n) is 9.39. The summed E-state index contributed by atoms with van der Waals surface area (Å²) in [7, 11) is 0. The molecule has 4 nitrogen and oxygen atoms in total. The molecule has 0 radical (unpaired) electrons. The van der Waals surface area contributed by atoms with Crippen LogP contribution in [0, 0.1) is 5.92 Å². The van der Waals surface area contributed by atoms with Crippen molar-refractivity contribution in [2.45, 2.75) is 37.7 Å². The van der Waals surface area contributed by atoms with Crippen LogP contribution in [-0.4, -0.2) is 26.0 Å². The molecule has 0 N–H and O–H groups in total. The van der Waals surface area contributed by atoms with Crippen LogP contribution in [0.4, 0.5) is 26.3 Å². The minimum absolute atomic E-state index is 0.319. The average Bonchev–Trinajstić information content (AvgIpc) is 3.45. The van der Waals surface area contributed by atoms with Gasteiger partial charge in [-0.05, 0) is 77.1 Å². The van der Waals surface area contributed by atoms with Gasteiger partial charge in [0, 0.05) is 12.0 Å². The number of thiocarbonyl (C=S) groups is 1. The van der Waals surface area contributed by atoms with Crippen LogP contribution in [0.3, 0.4) is 0 Å². The topological polar surface area (TPSA) is 39.9 Å². The maximum Gasteiger partial charge on any atom is 0.573 e. The summed E-state index contributed by atoms with van der Waals surface area (Å²) in [6.45, 7) is 0. The molecule has 0 saturated heterocycles. The van der Waals surface area contributed by atoms with Gasteiger partial charge >= 0.3 is 12.5 Å². The number of nitrogens with zero attached hydrogens (tertiary/aromatic N) is 3. The summed E-state index contributed by atoms with van der Waals surface area (Å²) in [6.07, 6.45) is -5.42. The Morgan fingerprint density at radius 1 is 0.897 bits per heavy atom. The fourth-order valence-electron chi connectivity index (χ4n) is 4.48. The molecule has 0 aliphatic heterocycles. The first-order chi connectivity index (χ1) is 18.4. The van der Waals surface area contributed by atoms with E-state index in [1.54, 1.807) is 0 Å². The number of alkyl halides is 6. The minimum atomic E-state index is -4.75. The Balaban J connectivity index is 1.15. The molecule has 1 heterocycles. The monoisotopic (exact) mass is 561 g/mol. The van der Waals surface area contributed by atoms with Gasteiger partial charge in [-0.1, -0.05) is 48.6 Å². The van der Waals surface area contributed by atoms with E-state index in [1.807, 2.05) is 24.3 Å². The average molecular weight is 562 g/mol. The number of benzene rings is 3. The largest absolute Gasteiger partial charge is 0.573 e. The maximum absolute atomic E-state index is 12.7. The Hall–Kier alpha value is -3.73. The lowest BCUT2D eigenvalue weighted by molar-refractivity contribution is -0.274. The van der Waals surface area contributed by atoms with Gasteiger partial charge in [-0.2, -0.15) is 13.2 Å². The molecule has 202 valence electrons. The number of hydrogen-bond acceptors (Lipinski definition) is 4. The van der Waals surface area contributed by atoms with E-state index >= 15 is 0 Å². The Bertz CT molecular complexity index is 1450. The smallest absolute Gasteiger partial charge is 0.406 e. The van der Waals surface area contributed by atoms with Crippen LogP contribution < -0.4 is 4.74 Å². The highest BCUT2D eigenvalue weighted by molar-refractivity contribution is 7.80. The van der Waals surface area contributed by atoms with Gasteiger partial charge in [-0.25, -0.2) is 9.67 Å². The second-order valence-corrected chi connectivity index (χ2v) is 9.97. The molecule has 2 unspecified atom stereocenters. The van der Waals surface area contributed by atoms with Gasteiger partial charge < -0.3 is 4.74 Å². The van der Waals surface area contributed by atoms with Crippen LogP contribution >= 0.6 is 12.2 Å². The molecular formula is C28H21F6N3OS. The summed E-state index contributed by atoms with van der Waals surface area (Å²) in [4.78, 5) is 5.13. The zero-order valence-corrected chi connectivity index (χ0v) is 21.0. The van der Waals surface area contributed by atoms with Crippen molar-refractivity contribution in [1.82, 2.24) is 14.8 Å². The summed E-state index contributed by atoms with van der Waals surface area (Å²) < 4.78 is 80.7. The number of ether oxygens (including phenoxy) is 1. The van der Waals surface area contributed by atoms with E-state index in [1.165, 1.54) is 53.0 Å². The van der Waals surface area contributed by atoms with Gasteiger partial charge in [0.25, 0.3) is 0 Å².